The van der Waals surface area contributed by atoms with Gasteiger partial charge in [0.1, 0.15) is 5.82 Å². The van der Waals surface area contributed by atoms with Crippen LogP contribution in [0.1, 0.15) is 41.2 Å². The van der Waals surface area contributed by atoms with Gasteiger partial charge in [0.2, 0.25) is 0 Å². The van der Waals surface area contributed by atoms with E-state index in [-0.39, 0.29) is 11.5 Å². The van der Waals surface area contributed by atoms with Crippen molar-refractivity contribution in [3.8, 4) is 0 Å². The molecule has 0 fully saturated rings. The first-order valence-corrected chi connectivity index (χ1v) is 7.84. The van der Waals surface area contributed by atoms with Crippen molar-refractivity contribution >= 4 is 17.4 Å². The third-order valence-corrected chi connectivity index (χ3v) is 4.36. The van der Waals surface area contributed by atoms with Crippen molar-refractivity contribution in [1.82, 2.24) is 15.1 Å². The summed E-state index contributed by atoms with van der Waals surface area (Å²) in [6.45, 7) is 6.11. The fourth-order valence-corrected chi connectivity index (χ4v) is 3.30. The van der Waals surface area contributed by atoms with Crippen molar-refractivity contribution in [2.24, 2.45) is 5.73 Å². The van der Waals surface area contributed by atoms with Crippen molar-refractivity contribution < 1.29 is 14.0 Å². The van der Waals surface area contributed by atoms with Crippen LogP contribution in [0.5, 0.6) is 0 Å². The van der Waals surface area contributed by atoms with E-state index in [2.05, 4.69) is 10.2 Å². The Balaban J connectivity index is 2.10. The molecule has 0 spiro atoms. The second kappa shape index (κ2) is 5.84. The Hall–Kier alpha value is -2.96. The maximum atomic E-state index is 13.1. The zero-order chi connectivity index (χ0) is 18.4. The minimum Gasteiger partial charge on any atom is -0.365 e. The molecule has 1 aromatic heterocycles. The molecule has 3 rings (SSSR count). The number of aryl methyl sites for hydroxylation is 1. The summed E-state index contributed by atoms with van der Waals surface area (Å²) in [7, 11) is 0. The van der Waals surface area contributed by atoms with Crippen LogP contribution in [0.2, 0.25) is 0 Å². The molecule has 1 aromatic carbocycles. The number of primary amides is 1. The van der Waals surface area contributed by atoms with E-state index in [1.165, 1.54) is 35.4 Å². The molecule has 2 amide bonds. The molecule has 3 N–H and O–H groups in total. The number of hydrogen-bond donors (Lipinski definition) is 2. The minimum atomic E-state index is -0.653. The van der Waals surface area contributed by atoms with Crippen LogP contribution >= 0.6 is 0 Å². The maximum absolute atomic E-state index is 13.1. The number of nitrogens with one attached hydrogen (secondary N) is 1. The van der Waals surface area contributed by atoms with Crippen molar-refractivity contribution in [2.75, 3.05) is 6.54 Å². The highest BCUT2D eigenvalue weighted by Crippen LogP contribution is 2.36. The number of carbonyl (C=O) groups is 2. The summed E-state index contributed by atoms with van der Waals surface area (Å²) >= 11 is 0. The van der Waals surface area contributed by atoms with Gasteiger partial charge < -0.3 is 10.6 Å². The molecule has 0 aliphatic carbocycles. The molecule has 0 atom stereocenters. The van der Waals surface area contributed by atoms with Crippen LogP contribution in [0, 0.1) is 12.7 Å². The highest BCUT2D eigenvalue weighted by molar-refractivity contribution is 6.19. The van der Waals surface area contributed by atoms with Crippen LogP contribution in [-0.4, -0.2) is 33.5 Å². The highest BCUT2D eigenvalue weighted by Gasteiger charge is 2.36. The van der Waals surface area contributed by atoms with Gasteiger partial charge in [-0.15, -0.1) is 0 Å². The molecular formula is C18H19FN4O2. The third kappa shape index (κ3) is 2.93. The van der Waals surface area contributed by atoms with Crippen LogP contribution in [-0.2, 0) is 10.2 Å². The van der Waals surface area contributed by atoms with Crippen LogP contribution in [0.3, 0.4) is 0 Å². The highest BCUT2D eigenvalue weighted by atomic mass is 19.1. The molecule has 2 heterocycles. The lowest BCUT2D eigenvalue weighted by atomic mass is 9.82. The number of rotatable bonds is 2. The van der Waals surface area contributed by atoms with E-state index in [1.807, 2.05) is 20.8 Å². The van der Waals surface area contributed by atoms with Gasteiger partial charge in [-0.2, -0.15) is 5.10 Å². The largest absolute Gasteiger partial charge is 0.365 e. The van der Waals surface area contributed by atoms with Gasteiger partial charge in [-0.25, -0.2) is 4.39 Å². The second-order valence-electron chi connectivity index (χ2n) is 6.79. The predicted octanol–water partition coefficient (Wildman–Crippen LogP) is 2.12. The lowest BCUT2D eigenvalue weighted by Crippen LogP contribution is -2.37. The number of aromatic amines is 1. The van der Waals surface area contributed by atoms with Crippen LogP contribution < -0.4 is 5.73 Å². The van der Waals surface area contributed by atoms with Crippen LogP contribution in [0.4, 0.5) is 4.39 Å². The van der Waals surface area contributed by atoms with E-state index in [9.17, 15) is 14.0 Å². The molecule has 0 saturated carbocycles. The molecule has 25 heavy (non-hydrogen) atoms. The van der Waals surface area contributed by atoms with Gasteiger partial charge in [-0.3, -0.25) is 14.7 Å². The van der Waals surface area contributed by atoms with E-state index in [0.717, 1.165) is 11.3 Å². The number of hydrogen-bond acceptors (Lipinski definition) is 3. The Morgan fingerprint density at radius 3 is 2.52 bits per heavy atom. The summed E-state index contributed by atoms with van der Waals surface area (Å²) < 4.78 is 13.1. The summed E-state index contributed by atoms with van der Waals surface area (Å²) in [5, 5.41) is 7.04. The normalized spacial score (nSPS) is 16.0. The average Bonchev–Trinajstić information content (AvgIpc) is 2.87. The molecule has 0 bridgehead atoms. The molecule has 6 nitrogen and oxygen atoms in total. The Morgan fingerprint density at radius 2 is 1.92 bits per heavy atom. The number of nitrogens with two attached hydrogens (primary N) is 1. The standard InChI is InChI=1S/C18H19FN4O2/c1-10-14-15(22-21-10)13(16(20)24)8-23(9-18(14,2)3)17(25)11-4-6-12(19)7-5-11/h4-8H,9H2,1-3H3,(H2,20,24)(H,21,22). The predicted molar refractivity (Wildman–Crippen MR) is 91.0 cm³/mol. The number of aromatic nitrogens is 2. The molecule has 1 aliphatic heterocycles. The first-order chi connectivity index (χ1) is 11.7. The van der Waals surface area contributed by atoms with E-state index in [0.29, 0.717) is 17.8 Å². The Morgan fingerprint density at radius 1 is 1.28 bits per heavy atom. The van der Waals surface area contributed by atoms with Gasteiger partial charge in [-0.05, 0) is 31.2 Å². The van der Waals surface area contributed by atoms with Gasteiger partial charge >= 0.3 is 0 Å². The molecule has 0 unspecified atom stereocenters. The Bertz CT molecular complexity index is 881. The molecule has 130 valence electrons. The summed E-state index contributed by atoms with van der Waals surface area (Å²) in [4.78, 5) is 26.3. The SMILES string of the molecule is Cc1n[nH]c2c1C(C)(C)CN(C(=O)c1ccc(F)cc1)C=C2C(N)=O. The smallest absolute Gasteiger partial charge is 0.257 e. The van der Waals surface area contributed by atoms with Crippen molar-refractivity contribution in [3.63, 3.8) is 0 Å². The number of amides is 2. The van der Waals surface area contributed by atoms with Crippen molar-refractivity contribution in [3.05, 3.63) is 58.8 Å². The fourth-order valence-electron chi connectivity index (χ4n) is 3.30. The van der Waals surface area contributed by atoms with Crippen molar-refractivity contribution in [2.45, 2.75) is 26.2 Å². The van der Waals surface area contributed by atoms with E-state index >= 15 is 0 Å². The third-order valence-electron chi connectivity index (χ3n) is 4.36. The Labute approximate surface area is 144 Å². The van der Waals surface area contributed by atoms with E-state index < -0.39 is 17.1 Å². The molecular weight excluding hydrogens is 323 g/mol. The quantitative estimate of drug-likeness (QED) is 0.875. The second-order valence-corrected chi connectivity index (χ2v) is 6.79. The van der Waals surface area contributed by atoms with Crippen LogP contribution in [0.25, 0.3) is 5.57 Å². The number of benzene rings is 1. The number of nitrogens with zero attached hydrogens (tertiary/aromatic N) is 2. The number of H-pyrrole nitrogens is 1. The number of carbonyl (C=O) groups excluding carboxylic acids is 2. The van der Waals surface area contributed by atoms with Crippen LogP contribution in [0.15, 0.2) is 30.5 Å². The first kappa shape index (κ1) is 16.9. The minimum absolute atomic E-state index is 0.191. The topological polar surface area (TPSA) is 92.1 Å². The molecule has 7 heteroatoms. The van der Waals surface area contributed by atoms with Crippen molar-refractivity contribution in [1.29, 1.82) is 0 Å². The summed E-state index contributed by atoms with van der Waals surface area (Å²) in [5.74, 6) is -1.40. The summed E-state index contributed by atoms with van der Waals surface area (Å²) in [5.41, 5.74) is 7.73. The Kier molecular flexibility index (Phi) is 3.94. The lowest BCUT2D eigenvalue weighted by Gasteiger charge is -2.29. The monoisotopic (exact) mass is 342 g/mol. The van der Waals surface area contributed by atoms with Gasteiger partial charge in [0.05, 0.1) is 17.0 Å². The molecule has 2 aromatic rings. The molecule has 0 saturated heterocycles. The molecule has 0 radical (unpaired) electrons. The van der Waals surface area contributed by atoms with Gasteiger partial charge in [0.15, 0.2) is 0 Å². The van der Waals surface area contributed by atoms with Gasteiger partial charge in [-0.1, -0.05) is 13.8 Å². The lowest BCUT2D eigenvalue weighted by molar-refractivity contribution is -0.112. The van der Waals surface area contributed by atoms with E-state index in [1.54, 1.807) is 0 Å². The zero-order valence-corrected chi connectivity index (χ0v) is 14.3. The van der Waals surface area contributed by atoms with E-state index in [4.69, 9.17) is 5.73 Å². The fraction of sp³-hybridized carbons (Fsp3) is 0.278. The number of fused-ring (bicyclic) bond motifs is 1. The maximum Gasteiger partial charge on any atom is 0.257 e. The number of halogens is 1. The van der Waals surface area contributed by atoms with Gasteiger partial charge in [0.25, 0.3) is 11.8 Å². The first-order valence-electron chi connectivity index (χ1n) is 7.84. The summed E-state index contributed by atoms with van der Waals surface area (Å²) in [6.07, 6.45) is 1.44. The average molecular weight is 342 g/mol. The molecule has 1 aliphatic rings. The van der Waals surface area contributed by atoms with Gasteiger partial charge in [0, 0.05) is 29.3 Å². The zero-order valence-electron chi connectivity index (χ0n) is 14.3. The summed E-state index contributed by atoms with van der Waals surface area (Å²) in [6, 6.07) is 5.29.